The molecule has 0 aromatic heterocycles. The molecule has 1 fully saturated rings. The van der Waals surface area contributed by atoms with Crippen molar-refractivity contribution < 1.29 is 18.3 Å². The number of nitrogens with one attached hydrogen (secondary N) is 1. The fourth-order valence-corrected chi connectivity index (χ4v) is 2.99. The van der Waals surface area contributed by atoms with Crippen LogP contribution in [-0.2, 0) is 10.0 Å². The highest BCUT2D eigenvalue weighted by Gasteiger charge is 2.28. The highest BCUT2D eigenvalue weighted by atomic mass is 32.2. The Hall–Kier alpha value is -1.55. The molecule has 1 aliphatic carbocycles. The molecule has 6 heteroatoms. The highest BCUT2D eigenvalue weighted by Crippen LogP contribution is 2.25. The molecule has 0 heterocycles. The van der Waals surface area contributed by atoms with Gasteiger partial charge in [-0.2, -0.15) is 0 Å². The van der Waals surface area contributed by atoms with Gasteiger partial charge in [-0.25, -0.2) is 13.1 Å². The van der Waals surface area contributed by atoms with Crippen molar-refractivity contribution in [1.29, 1.82) is 0 Å². The maximum Gasteiger partial charge on any atom is 0.240 e. The van der Waals surface area contributed by atoms with E-state index < -0.39 is 10.0 Å². The third kappa shape index (κ3) is 3.73. The van der Waals surface area contributed by atoms with Crippen molar-refractivity contribution in [1.82, 2.24) is 4.72 Å². The number of benzene rings is 1. The zero-order valence-corrected chi connectivity index (χ0v) is 12.0. The van der Waals surface area contributed by atoms with Gasteiger partial charge in [0.25, 0.3) is 0 Å². The first-order valence-electron chi connectivity index (χ1n) is 6.37. The van der Waals surface area contributed by atoms with Gasteiger partial charge in [-0.05, 0) is 31.0 Å². The summed E-state index contributed by atoms with van der Waals surface area (Å²) in [6, 6.07) is 4.64. The SMILES string of the molecule is COc1ccc(S(=O)(=O)NC2CC2)cc1C#CCCO. The lowest BCUT2D eigenvalue weighted by atomic mass is 10.2. The van der Waals surface area contributed by atoms with E-state index in [-0.39, 0.29) is 17.5 Å². The fraction of sp³-hybridized carbons (Fsp3) is 0.429. The number of methoxy groups -OCH3 is 1. The van der Waals surface area contributed by atoms with Gasteiger partial charge in [-0.3, -0.25) is 0 Å². The fourth-order valence-electron chi connectivity index (χ4n) is 1.65. The predicted molar refractivity (Wildman–Crippen MR) is 74.9 cm³/mol. The third-order valence-electron chi connectivity index (χ3n) is 2.84. The molecular formula is C14H17NO4S. The number of sulfonamides is 1. The number of aliphatic hydroxyl groups excluding tert-OH is 1. The standard InChI is InChI=1S/C14H17NO4S/c1-19-14-8-7-13(10-11(14)4-2-3-9-16)20(17,18)15-12-5-6-12/h7-8,10,12,15-16H,3,5-6,9H2,1H3. The molecule has 0 spiro atoms. The maximum atomic E-state index is 12.1. The van der Waals surface area contributed by atoms with Gasteiger partial charge in [0.2, 0.25) is 10.0 Å². The largest absolute Gasteiger partial charge is 0.495 e. The Morgan fingerprint density at radius 3 is 2.80 bits per heavy atom. The van der Waals surface area contributed by atoms with Crippen LogP contribution in [0, 0.1) is 11.8 Å². The smallest absolute Gasteiger partial charge is 0.240 e. The van der Waals surface area contributed by atoms with Crippen LogP contribution in [0.25, 0.3) is 0 Å². The number of aliphatic hydroxyl groups is 1. The summed E-state index contributed by atoms with van der Waals surface area (Å²) in [6.07, 6.45) is 2.11. The molecule has 2 rings (SSSR count). The minimum atomic E-state index is -3.50. The molecule has 0 amide bonds. The highest BCUT2D eigenvalue weighted by molar-refractivity contribution is 7.89. The van der Waals surface area contributed by atoms with E-state index in [9.17, 15) is 8.42 Å². The van der Waals surface area contributed by atoms with Crippen LogP contribution in [-0.4, -0.2) is 33.3 Å². The van der Waals surface area contributed by atoms with Crippen LogP contribution in [0.5, 0.6) is 5.75 Å². The van der Waals surface area contributed by atoms with E-state index in [0.717, 1.165) is 12.8 Å². The lowest BCUT2D eigenvalue weighted by molar-refractivity contribution is 0.305. The summed E-state index contributed by atoms with van der Waals surface area (Å²) in [5.74, 6) is 6.10. The third-order valence-corrected chi connectivity index (χ3v) is 4.36. The Balaban J connectivity index is 2.31. The average Bonchev–Trinajstić information content (AvgIpc) is 3.22. The van der Waals surface area contributed by atoms with Crippen molar-refractivity contribution in [2.24, 2.45) is 0 Å². The molecule has 1 aromatic rings. The van der Waals surface area contributed by atoms with Crippen LogP contribution in [0.2, 0.25) is 0 Å². The molecular weight excluding hydrogens is 278 g/mol. The first kappa shape index (κ1) is 14.9. The summed E-state index contributed by atoms with van der Waals surface area (Å²) in [6.45, 7) is -0.0312. The predicted octanol–water partition coefficient (Wildman–Crippen LogP) is 0.870. The molecule has 0 atom stereocenters. The van der Waals surface area contributed by atoms with Crippen molar-refractivity contribution in [3.63, 3.8) is 0 Å². The number of hydrogen-bond donors (Lipinski definition) is 2. The van der Waals surface area contributed by atoms with Crippen molar-refractivity contribution >= 4 is 10.0 Å². The van der Waals surface area contributed by atoms with Crippen molar-refractivity contribution in [3.05, 3.63) is 23.8 Å². The molecule has 0 saturated heterocycles. The lowest BCUT2D eigenvalue weighted by Crippen LogP contribution is -2.25. The van der Waals surface area contributed by atoms with Gasteiger partial charge in [0.1, 0.15) is 5.75 Å². The van der Waals surface area contributed by atoms with E-state index in [4.69, 9.17) is 9.84 Å². The van der Waals surface area contributed by atoms with Crippen LogP contribution in [0.15, 0.2) is 23.1 Å². The lowest BCUT2D eigenvalue weighted by Gasteiger charge is -2.08. The first-order valence-corrected chi connectivity index (χ1v) is 7.85. The van der Waals surface area contributed by atoms with Crippen molar-refractivity contribution in [3.8, 4) is 17.6 Å². The number of hydrogen-bond acceptors (Lipinski definition) is 4. The molecule has 20 heavy (non-hydrogen) atoms. The van der Waals surface area contributed by atoms with E-state index in [0.29, 0.717) is 17.7 Å². The van der Waals surface area contributed by atoms with Crippen LogP contribution in [0.1, 0.15) is 24.8 Å². The van der Waals surface area contributed by atoms with Crippen LogP contribution < -0.4 is 9.46 Å². The Bertz CT molecular complexity index is 639. The van der Waals surface area contributed by atoms with E-state index in [1.807, 2.05) is 0 Å². The summed E-state index contributed by atoms with van der Waals surface area (Å²) >= 11 is 0. The minimum absolute atomic E-state index is 0.0312. The van der Waals surface area contributed by atoms with Gasteiger partial charge in [0.15, 0.2) is 0 Å². The van der Waals surface area contributed by atoms with Gasteiger partial charge in [0, 0.05) is 12.5 Å². The zero-order chi connectivity index (χ0) is 14.6. The van der Waals surface area contributed by atoms with Crippen molar-refractivity contribution in [2.75, 3.05) is 13.7 Å². The summed E-state index contributed by atoms with van der Waals surface area (Å²) in [4.78, 5) is 0.179. The second kappa shape index (κ2) is 6.27. The second-order valence-electron chi connectivity index (χ2n) is 4.53. The van der Waals surface area contributed by atoms with E-state index >= 15 is 0 Å². The Morgan fingerprint density at radius 1 is 1.45 bits per heavy atom. The normalized spacial score (nSPS) is 14.5. The molecule has 0 radical (unpaired) electrons. The Kier molecular flexibility index (Phi) is 4.65. The summed E-state index contributed by atoms with van der Waals surface area (Å²) in [5.41, 5.74) is 0.500. The number of ether oxygens (including phenoxy) is 1. The van der Waals surface area contributed by atoms with Gasteiger partial charge in [0.05, 0.1) is 24.2 Å². The average molecular weight is 295 g/mol. The monoisotopic (exact) mass is 295 g/mol. The van der Waals surface area contributed by atoms with Gasteiger partial charge >= 0.3 is 0 Å². The van der Waals surface area contributed by atoms with Crippen LogP contribution in [0.4, 0.5) is 0 Å². The van der Waals surface area contributed by atoms with Crippen LogP contribution >= 0.6 is 0 Å². The number of rotatable bonds is 5. The van der Waals surface area contributed by atoms with Gasteiger partial charge in [-0.1, -0.05) is 11.8 Å². The first-order chi connectivity index (χ1) is 9.56. The van der Waals surface area contributed by atoms with Gasteiger partial charge < -0.3 is 9.84 Å². The molecule has 0 unspecified atom stereocenters. The topological polar surface area (TPSA) is 75.6 Å². The molecule has 108 valence electrons. The van der Waals surface area contributed by atoms with Gasteiger partial charge in [-0.15, -0.1) is 0 Å². The van der Waals surface area contributed by atoms with E-state index in [1.54, 1.807) is 6.07 Å². The molecule has 1 aliphatic rings. The molecule has 0 bridgehead atoms. The minimum Gasteiger partial charge on any atom is -0.495 e. The van der Waals surface area contributed by atoms with Crippen molar-refractivity contribution in [2.45, 2.75) is 30.2 Å². The maximum absolute atomic E-state index is 12.1. The Morgan fingerprint density at radius 2 is 2.20 bits per heavy atom. The molecule has 2 N–H and O–H groups in total. The summed E-state index contributed by atoms with van der Waals surface area (Å²) in [5, 5.41) is 8.72. The van der Waals surface area contributed by atoms with Crippen LogP contribution in [0.3, 0.4) is 0 Å². The molecule has 0 aliphatic heterocycles. The second-order valence-corrected chi connectivity index (χ2v) is 6.25. The summed E-state index contributed by atoms with van der Waals surface area (Å²) < 4.78 is 32.0. The molecule has 1 aromatic carbocycles. The van der Waals surface area contributed by atoms with E-state index in [1.165, 1.54) is 19.2 Å². The molecule has 5 nitrogen and oxygen atoms in total. The zero-order valence-electron chi connectivity index (χ0n) is 11.2. The summed E-state index contributed by atoms with van der Waals surface area (Å²) in [7, 11) is -1.99. The Labute approximate surface area is 119 Å². The van der Waals surface area contributed by atoms with E-state index in [2.05, 4.69) is 16.6 Å². The quantitative estimate of drug-likeness (QED) is 0.790. The molecule has 1 saturated carbocycles.